The summed E-state index contributed by atoms with van der Waals surface area (Å²) in [7, 11) is 0. The van der Waals surface area contributed by atoms with E-state index >= 15 is 0 Å². The van der Waals surface area contributed by atoms with Crippen LogP contribution in [-0.2, 0) is 4.79 Å². The van der Waals surface area contributed by atoms with E-state index in [1.54, 1.807) is 0 Å². The third-order valence-corrected chi connectivity index (χ3v) is 4.71. The molecule has 0 aliphatic carbocycles. The fourth-order valence-electron chi connectivity index (χ4n) is 3.06. The quantitative estimate of drug-likeness (QED) is 0.899. The Morgan fingerprint density at radius 3 is 2.76 bits per heavy atom. The van der Waals surface area contributed by atoms with E-state index in [0.717, 1.165) is 29.4 Å². The van der Waals surface area contributed by atoms with Crippen LogP contribution in [0.3, 0.4) is 0 Å². The molecule has 0 spiro atoms. The highest BCUT2D eigenvalue weighted by Crippen LogP contribution is 2.35. The summed E-state index contributed by atoms with van der Waals surface area (Å²) in [6.45, 7) is 7.12. The van der Waals surface area contributed by atoms with E-state index in [0.29, 0.717) is 12.3 Å². The maximum atomic E-state index is 12.5. The summed E-state index contributed by atoms with van der Waals surface area (Å²) in [4.78, 5) is 14.5. The Morgan fingerprint density at radius 2 is 2.14 bits per heavy atom. The third kappa shape index (κ3) is 3.86. The van der Waals surface area contributed by atoms with Gasteiger partial charge in [-0.3, -0.25) is 4.79 Å². The Labute approximate surface area is 136 Å². The van der Waals surface area contributed by atoms with Crippen molar-refractivity contribution >= 4 is 21.8 Å². The first-order valence-electron chi connectivity index (χ1n) is 7.71. The second kappa shape index (κ2) is 6.93. The van der Waals surface area contributed by atoms with Crippen LogP contribution >= 0.6 is 15.9 Å². The van der Waals surface area contributed by atoms with Crippen LogP contribution < -0.4 is 5.73 Å². The molecule has 1 fully saturated rings. The number of hydrogen-bond acceptors (Lipinski definition) is 2. The van der Waals surface area contributed by atoms with E-state index in [4.69, 9.17) is 5.73 Å². The number of benzene rings is 1. The lowest BCUT2D eigenvalue weighted by molar-refractivity contribution is -0.133. The number of carbonyl (C=O) groups is 1. The average Bonchev–Trinajstić information content (AvgIpc) is 2.51. The molecule has 0 radical (unpaired) electrons. The molecule has 4 heteroatoms. The predicted molar refractivity (Wildman–Crippen MR) is 90.0 cm³/mol. The number of halogens is 1. The number of likely N-dealkylation sites (tertiary alicyclic amines) is 1. The monoisotopic (exact) mass is 352 g/mol. The average molecular weight is 353 g/mol. The summed E-state index contributed by atoms with van der Waals surface area (Å²) in [5.41, 5.74) is 8.76. The number of nitrogens with zero attached hydrogens (tertiary/aromatic N) is 1. The molecule has 1 heterocycles. The Hall–Kier alpha value is -0.870. The van der Waals surface area contributed by atoms with Crippen molar-refractivity contribution in [2.75, 3.05) is 6.54 Å². The van der Waals surface area contributed by atoms with Gasteiger partial charge in [0.15, 0.2) is 0 Å². The molecule has 2 unspecified atom stereocenters. The third-order valence-electron chi connectivity index (χ3n) is 4.03. The smallest absolute Gasteiger partial charge is 0.223 e. The SMILES string of the molecule is Cc1ccc(C2C(N)CCCC(=O)N2CC(C)C)c(Br)c1. The van der Waals surface area contributed by atoms with Crippen LogP contribution in [0.5, 0.6) is 0 Å². The van der Waals surface area contributed by atoms with E-state index in [9.17, 15) is 4.79 Å². The molecule has 1 amide bonds. The fourth-order valence-corrected chi connectivity index (χ4v) is 3.78. The van der Waals surface area contributed by atoms with Crippen molar-refractivity contribution in [2.45, 2.75) is 52.1 Å². The molecule has 0 saturated carbocycles. The lowest BCUT2D eigenvalue weighted by Crippen LogP contribution is -2.44. The number of carbonyl (C=O) groups excluding carboxylic acids is 1. The van der Waals surface area contributed by atoms with Crippen molar-refractivity contribution in [3.8, 4) is 0 Å². The van der Waals surface area contributed by atoms with E-state index in [-0.39, 0.29) is 18.0 Å². The standard InChI is InChI=1S/C17H25BrN2O/c1-11(2)10-20-16(21)6-4-5-15(19)17(20)13-8-7-12(3)9-14(13)18/h7-9,11,15,17H,4-6,10,19H2,1-3H3. The number of nitrogens with two attached hydrogens (primary N) is 1. The van der Waals surface area contributed by atoms with Gasteiger partial charge in [0.25, 0.3) is 0 Å². The van der Waals surface area contributed by atoms with Crippen molar-refractivity contribution in [3.63, 3.8) is 0 Å². The number of amides is 1. The maximum Gasteiger partial charge on any atom is 0.223 e. The van der Waals surface area contributed by atoms with Crippen molar-refractivity contribution in [1.29, 1.82) is 0 Å². The molecule has 21 heavy (non-hydrogen) atoms. The summed E-state index contributed by atoms with van der Waals surface area (Å²) >= 11 is 3.66. The van der Waals surface area contributed by atoms with Crippen molar-refractivity contribution in [1.82, 2.24) is 4.90 Å². The van der Waals surface area contributed by atoms with Gasteiger partial charge in [0.2, 0.25) is 5.91 Å². The van der Waals surface area contributed by atoms with Crippen LogP contribution in [0.2, 0.25) is 0 Å². The molecule has 116 valence electrons. The number of rotatable bonds is 3. The molecular weight excluding hydrogens is 328 g/mol. The van der Waals surface area contributed by atoms with Gasteiger partial charge in [-0.05, 0) is 42.9 Å². The molecule has 1 aliphatic rings. The van der Waals surface area contributed by atoms with Crippen LogP contribution in [0.25, 0.3) is 0 Å². The summed E-state index contributed by atoms with van der Waals surface area (Å²) in [5, 5.41) is 0. The Kier molecular flexibility index (Phi) is 5.44. The zero-order valence-electron chi connectivity index (χ0n) is 13.1. The predicted octanol–water partition coefficient (Wildman–Crippen LogP) is 3.79. The molecule has 2 N–H and O–H groups in total. The summed E-state index contributed by atoms with van der Waals surface area (Å²) in [6.07, 6.45) is 2.39. The fraction of sp³-hybridized carbons (Fsp3) is 0.588. The van der Waals surface area contributed by atoms with Crippen LogP contribution in [0, 0.1) is 12.8 Å². The lowest BCUT2D eigenvalue weighted by Gasteiger charge is -2.35. The molecule has 2 rings (SSSR count). The van der Waals surface area contributed by atoms with Gasteiger partial charge < -0.3 is 10.6 Å². The topological polar surface area (TPSA) is 46.3 Å². The number of aryl methyl sites for hydroxylation is 1. The largest absolute Gasteiger partial charge is 0.334 e. The first-order chi connectivity index (χ1) is 9.90. The minimum atomic E-state index is -0.0302. The Morgan fingerprint density at radius 1 is 1.43 bits per heavy atom. The Bertz CT molecular complexity index is 516. The normalized spacial score (nSPS) is 23.5. The minimum Gasteiger partial charge on any atom is -0.334 e. The first-order valence-corrected chi connectivity index (χ1v) is 8.50. The van der Waals surface area contributed by atoms with E-state index in [2.05, 4.69) is 54.9 Å². The summed E-state index contributed by atoms with van der Waals surface area (Å²) in [5.74, 6) is 0.667. The van der Waals surface area contributed by atoms with E-state index in [1.807, 2.05) is 4.90 Å². The van der Waals surface area contributed by atoms with Gasteiger partial charge in [0, 0.05) is 23.5 Å². The molecule has 3 nitrogen and oxygen atoms in total. The van der Waals surface area contributed by atoms with Gasteiger partial charge in [-0.2, -0.15) is 0 Å². The zero-order chi connectivity index (χ0) is 15.6. The summed E-state index contributed by atoms with van der Waals surface area (Å²) < 4.78 is 1.05. The van der Waals surface area contributed by atoms with Gasteiger partial charge in [-0.25, -0.2) is 0 Å². The highest BCUT2D eigenvalue weighted by molar-refractivity contribution is 9.10. The molecule has 1 aromatic rings. The molecule has 1 aromatic carbocycles. The van der Waals surface area contributed by atoms with Gasteiger partial charge in [0.05, 0.1) is 6.04 Å². The van der Waals surface area contributed by atoms with Gasteiger partial charge in [-0.1, -0.05) is 41.9 Å². The van der Waals surface area contributed by atoms with E-state index < -0.39 is 0 Å². The van der Waals surface area contributed by atoms with Crippen molar-refractivity contribution in [3.05, 3.63) is 33.8 Å². The van der Waals surface area contributed by atoms with Crippen LogP contribution in [0.4, 0.5) is 0 Å². The summed E-state index contributed by atoms with van der Waals surface area (Å²) in [6, 6.07) is 6.27. The van der Waals surface area contributed by atoms with Gasteiger partial charge in [-0.15, -0.1) is 0 Å². The number of hydrogen-bond donors (Lipinski definition) is 1. The minimum absolute atomic E-state index is 0.00536. The van der Waals surface area contributed by atoms with E-state index in [1.165, 1.54) is 5.56 Å². The van der Waals surface area contributed by atoms with Crippen LogP contribution in [-0.4, -0.2) is 23.4 Å². The molecule has 2 atom stereocenters. The van der Waals surface area contributed by atoms with Gasteiger partial charge >= 0.3 is 0 Å². The van der Waals surface area contributed by atoms with Crippen molar-refractivity contribution in [2.24, 2.45) is 11.7 Å². The first kappa shape index (κ1) is 16.5. The molecule has 0 aromatic heterocycles. The molecule has 1 aliphatic heterocycles. The highest BCUT2D eigenvalue weighted by Gasteiger charge is 2.34. The van der Waals surface area contributed by atoms with Crippen molar-refractivity contribution < 1.29 is 4.79 Å². The second-order valence-corrected chi connectivity index (χ2v) is 7.32. The van der Waals surface area contributed by atoms with Crippen LogP contribution in [0.1, 0.15) is 50.3 Å². The zero-order valence-corrected chi connectivity index (χ0v) is 14.7. The second-order valence-electron chi connectivity index (χ2n) is 6.47. The highest BCUT2D eigenvalue weighted by atomic mass is 79.9. The molecular formula is C17H25BrN2O. The molecule has 1 saturated heterocycles. The van der Waals surface area contributed by atoms with Crippen LogP contribution in [0.15, 0.2) is 22.7 Å². The lowest BCUT2D eigenvalue weighted by atomic mass is 9.95. The maximum absolute atomic E-state index is 12.5. The Balaban J connectivity index is 2.43. The molecule has 0 bridgehead atoms. The van der Waals surface area contributed by atoms with Gasteiger partial charge in [0.1, 0.15) is 0 Å².